The second kappa shape index (κ2) is 6.43. The van der Waals surface area contributed by atoms with E-state index in [9.17, 15) is 9.59 Å². The minimum absolute atomic E-state index is 0.0838. The third-order valence-electron chi connectivity index (χ3n) is 4.38. The molecule has 1 amide bonds. The quantitative estimate of drug-likeness (QED) is 0.780. The molecule has 0 radical (unpaired) electrons. The van der Waals surface area contributed by atoms with Crippen molar-refractivity contribution >= 4 is 33.8 Å². The lowest BCUT2D eigenvalue weighted by molar-refractivity contribution is -0.160. The molecular weight excluding hydrogens is 380 g/mol. The van der Waals surface area contributed by atoms with Crippen molar-refractivity contribution in [1.29, 1.82) is 0 Å². The summed E-state index contributed by atoms with van der Waals surface area (Å²) in [5, 5.41) is 0. The zero-order chi connectivity index (χ0) is 17.3. The lowest BCUT2D eigenvalue weighted by Crippen LogP contribution is -2.45. The van der Waals surface area contributed by atoms with Crippen LogP contribution in [0.25, 0.3) is 0 Å². The number of methoxy groups -OCH3 is 1. The van der Waals surface area contributed by atoms with Crippen LogP contribution in [0.3, 0.4) is 0 Å². The van der Waals surface area contributed by atoms with Gasteiger partial charge >= 0.3 is 5.97 Å². The number of halogens is 1. The Kier molecular flexibility index (Phi) is 4.49. The molecular formula is C16H17BrN2O5. The first-order chi connectivity index (χ1) is 11.5. The van der Waals surface area contributed by atoms with E-state index >= 15 is 0 Å². The van der Waals surface area contributed by atoms with Crippen LogP contribution in [-0.2, 0) is 25.7 Å². The Bertz CT molecular complexity index is 720. The average molecular weight is 397 g/mol. The summed E-state index contributed by atoms with van der Waals surface area (Å²) in [6.45, 7) is 0.0838. The molecule has 3 rings (SSSR count). The molecule has 1 aliphatic carbocycles. The van der Waals surface area contributed by atoms with Gasteiger partial charge in [0.05, 0.1) is 7.11 Å². The molecule has 2 aliphatic rings. The third kappa shape index (κ3) is 2.86. The first kappa shape index (κ1) is 16.8. The summed E-state index contributed by atoms with van der Waals surface area (Å²) < 4.78 is 16.7. The average Bonchev–Trinajstić information content (AvgIpc) is 3.09. The maximum absolute atomic E-state index is 12.5. The predicted octanol–water partition coefficient (Wildman–Crippen LogP) is 1.91. The number of aliphatic imine (C=N–C) groups is 1. The summed E-state index contributed by atoms with van der Waals surface area (Å²) >= 11 is 3.41. The molecule has 128 valence electrons. The number of amidine groups is 1. The molecule has 2 atom stereocenters. The molecule has 1 aromatic rings. The Morgan fingerprint density at radius 3 is 2.96 bits per heavy atom. The largest absolute Gasteiger partial charge is 0.497 e. The summed E-state index contributed by atoms with van der Waals surface area (Å²) in [5.74, 6) is -0.963. The molecule has 0 saturated heterocycles. The van der Waals surface area contributed by atoms with Crippen molar-refractivity contribution in [2.45, 2.75) is 31.5 Å². The van der Waals surface area contributed by atoms with E-state index in [1.54, 1.807) is 25.3 Å². The fraction of sp³-hybridized carbons (Fsp3) is 0.438. The van der Waals surface area contributed by atoms with Gasteiger partial charge in [0.15, 0.2) is 0 Å². The Balaban J connectivity index is 1.68. The van der Waals surface area contributed by atoms with Gasteiger partial charge in [-0.05, 0) is 31.4 Å². The minimum Gasteiger partial charge on any atom is -0.497 e. The molecule has 0 bridgehead atoms. The van der Waals surface area contributed by atoms with Gasteiger partial charge in [0.25, 0.3) is 11.9 Å². The molecule has 0 aromatic heterocycles. The lowest BCUT2D eigenvalue weighted by Gasteiger charge is -2.26. The van der Waals surface area contributed by atoms with E-state index in [4.69, 9.17) is 19.9 Å². The molecule has 1 heterocycles. The SMILES string of the molecule is COc1ccc(COC(=O)C2CCCC23OC(N)=NC3=O)c(Br)c1. The van der Waals surface area contributed by atoms with Crippen molar-refractivity contribution in [3.63, 3.8) is 0 Å². The standard InChI is InChI=1S/C16H17BrN2O5/c1-22-10-5-4-9(12(17)7-10)8-23-13(20)11-3-2-6-16(11)14(21)19-15(18)24-16/h4-5,7,11H,2-3,6,8H2,1H3,(H2,18,19,21). The molecule has 1 fully saturated rings. The number of esters is 1. The van der Waals surface area contributed by atoms with Crippen molar-refractivity contribution in [3.8, 4) is 5.75 Å². The van der Waals surface area contributed by atoms with Gasteiger partial charge in [0.2, 0.25) is 5.60 Å². The highest BCUT2D eigenvalue weighted by molar-refractivity contribution is 9.10. The van der Waals surface area contributed by atoms with Gasteiger partial charge in [0.1, 0.15) is 18.3 Å². The van der Waals surface area contributed by atoms with E-state index in [0.29, 0.717) is 25.0 Å². The summed E-state index contributed by atoms with van der Waals surface area (Å²) in [4.78, 5) is 28.2. The summed E-state index contributed by atoms with van der Waals surface area (Å²) in [5.41, 5.74) is 5.01. The van der Waals surface area contributed by atoms with Gasteiger partial charge in [-0.3, -0.25) is 9.59 Å². The van der Waals surface area contributed by atoms with Crippen LogP contribution >= 0.6 is 15.9 Å². The number of carbonyl (C=O) groups is 2. The van der Waals surface area contributed by atoms with E-state index < -0.39 is 23.4 Å². The van der Waals surface area contributed by atoms with Crippen LogP contribution in [0.1, 0.15) is 24.8 Å². The van der Waals surface area contributed by atoms with Gasteiger partial charge in [-0.1, -0.05) is 22.0 Å². The minimum atomic E-state index is -1.28. The normalized spacial score (nSPS) is 25.5. The second-order valence-electron chi connectivity index (χ2n) is 5.76. The van der Waals surface area contributed by atoms with Crippen LogP contribution in [0.5, 0.6) is 5.75 Å². The monoisotopic (exact) mass is 396 g/mol. The highest BCUT2D eigenvalue weighted by atomic mass is 79.9. The van der Waals surface area contributed by atoms with E-state index in [2.05, 4.69) is 20.9 Å². The molecule has 24 heavy (non-hydrogen) atoms. The molecule has 1 aliphatic heterocycles. The number of hydrogen-bond donors (Lipinski definition) is 1. The Hall–Kier alpha value is -2.09. The third-order valence-corrected chi connectivity index (χ3v) is 5.12. The zero-order valence-electron chi connectivity index (χ0n) is 13.1. The number of amides is 1. The molecule has 1 saturated carbocycles. The van der Waals surface area contributed by atoms with Crippen molar-refractivity contribution in [1.82, 2.24) is 0 Å². The summed E-state index contributed by atoms with van der Waals surface area (Å²) in [6, 6.07) is 5.19. The molecule has 7 nitrogen and oxygen atoms in total. The van der Waals surface area contributed by atoms with Crippen LogP contribution in [0, 0.1) is 5.92 Å². The summed E-state index contributed by atoms with van der Waals surface area (Å²) in [7, 11) is 1.58. The molecule has 1 spiro atoms. The van der Waals surface area contributed by atoms with Crippen LogP contribution in [0.4, 0.5) is 0 Å². The number of nitrogens with zero attached hydrogens (tertiary/aromatic N) is 1. The van der Waals surface area contributed by atoms with Gasteiger partial charge in [-0.25, -0.2) is 0 Å². The first-order valence-electron chi connectivity index (χ1n) is 7.53. The lowest BCUT2D eigenvalue weighted by atomic mass is 9.90. The van der Waals surface area contributed by atoms with Crippen LogP contribution in [0.2, 0.25) is 0 Å². The van der Waals surface area contributed by atoms with Crippen LogP contribution < -0.4 is 10.5 Å². The van der Waals surface area contributed by atoms with Gasteiger partial charge < -0.3 is 19.9 Å². The van der Waals surface area contributed by atoms with Crippen molar-refractivity contribution in [3.05, 3.63) is 28.2 Å². The van der Waals surface area contributed by atoms with Crippen LogP contribution in [-0.4, -0.2) is 30.6 Å². The number of hydrogen-bond acceptors (Lipinski definition) is 6. The second-order valence-corrected chi connectivity index (χ2v) is 6.61. The van der Waals surface area contributed by atoms with E-state index in [0.717, 1.165) is 10.0 Å². The Labute approximate surface area is 147 Å². The Morgan fingerprint density at radius 1 is 1.54 bits per heavy atom. The fourth-order valence-corrected chi connectivity index (χ4v) is 3.60. The first-order valence-corrected chi connectivity index (χ1v) is 8.32. The molecule has 8 heteroatoms. The summed E-state index contributed by atoms with van der Waals surface area (Å²) in [6.07, 6.45) is 1.61. The highest BCUT2D eigenvalue weighted by Crippen LogP contribution is 2.43. The smallest absolute Gasteiger partial charge is 0.313 e. The number of benzene rings is 1. The number of carbonyl (C=O) groups excluding carboxylic acids is 2. The van der Waals surface area contributed by atoms with Crippen LogP contribution in [0.15, 0.2) is 27.7 Å². The molecule has 1 aromatic carbocycles. The van der Waals surface area contributed by atoms with Gasteiger partial charge in [-0.2, -0.15) is 4.99 Å². The number of rotatable bonds is 4. The van der Waals surface area contributed by atoms with Crippen molar-refractivity contribution < 1.29 is 23.8 Å². The molecule has 2 N–H and O–H groups in total. The highest BCUT2D eigenvalue weighted by Gasteiger charge is 2.58. The fourth-order valence-electron chi connectivity index (χ4n) is 3.13. The maximum atomic E-state index is 12.5. The Morgan fingerprint density at radius 2 is 2.33 bits per heavy atom. The number of nitrogens with two attached hydrogens (primary N) is 1. The van der Waals surface area contributed by atoms with E-state index in [-0.39, 0.29) is 12.6 Å². The number of ether oxygens (including phenoxy) is 3. The maximum Gasteiger partial charge on any atom is 0.313 e. The zero-order valence-corrected chi connectivity index (χ0v) is 14.7. The van der Waals surface area contributed by atoms with Gasteiger partial charge in [0, 0.05) is 10.0 Å². The topological polar surface area (TPSA) is 100 Å². The predicted molar refractivity (Wildman–Crippen MR) is 88.3 cm³/mol. The molecule has 2 unspecified atom stereocenters. The van der Waals surface area contributed by atoms with E-state index in [1.165, 1.54) is 0 Å². The van der Waals surface area contributed by atoms with Crippen molar-refractivity contribution in [2.24, 2.45) is 16.6 Å². The van der Waals surface area contributed by atoms with Crippen molar-refractivity contribution in [2.75, 3.05) is 7.11 Å². The van der Waals surface area contributed by atoms with E-state index in [1.807, 2.05) is 0 Å². The van der Waals surface area contributed by atoms with Gasteiger partial charge in [-0.15, -0.1) is 0 Å².